The fourth-order valence-corrected chi connectivity index (χ4v) is 5.87. The van der Waals surface area contributed by atoms with Gasteiger partial charge in [-0.2, -0.15) is 0 Å². The molecular formula is C20H24N2O5S2. The van der Waals surface area contributed by atoms with Crippen LogP contribution in [0.2, 0.25) is 0 Å². The molecule has 0 aliphatic carbocycles. The van der Waals surface area contributed by atoms with Gasteiger partial charge < -0.3 is 10.1 Å². The summed E-state index contributed by atoms with van der Waals surface area (Å²) in [7, 11) is -2.47. The number of nitrogens with zero attached hydrogens (tertiary/aromatic N) is 1. The molecule has 0 fully saturated rings. The average molecular weight is 437 g/mol. The molecule has 0 unspecified atom stereocenters. The number of amides is 1. The molecule has 0 radical (unpaired) electrons. The van der Waals surface area contributed by atoms with Crippen molar-refractivity contribution >= 4 is 38.1 Å². The summed E-state index contributed by atoms with van der Waals surface area (Å²) in [5.41, 5.74) is 1.23. The highest BCUT2D eigenvalue weighted by molar-refractivity contribution is 7.92. The number of anilines is 1. The molecule has 2 heterocycles. The molecular weight excluding hydrogens is 412 g/mol. The standard InChI is InChI=1S/C20H24N2O5S2/c1-3-10-22-11-9-15-16(12-22)28-19(18(15)20(24)27-2)21-17(23)13-29(25,26)14-7-5-4-6-8-14/h4-8H,3,9-13H2,1-2H3,(H,21,23). The second kappa shape index (κ2) is 9.06. The highest BCUT2D eigenvalue weighted by Crippen LogP contribution is 2.37. The van der Waals surface area contributed by atoms with E-state index in [1.54, 1.807) is 18.2 Å². The predicted octanol–water partition coefficient (Wildman–Crippen LogP) is 2.72. The Labute approximate surface area is 174 Å². The Morgan fingerprint density at radius 1 is 1.24 bits per heavy atom. The summed E-state index contributed by atoms with van der Waals surface area (Å²) in [5, 5.41) is 2.99. The van der Waals surface area contributed by atoms with Crippen LogP contribution < -0.4 is 5.32 Å². The van der Waals surface area contributed by atoms with Crippen molar-refractivity contribution < 1.29 is 22.7 Å². The molecule has 0 bridgehead atoms. The van der Waals surface area contributed by atoms with Crippen LogP contribution in [0.25, 0.3) is 0 Å². The predicted molar refractivity (Wildman–Crippen MR) is 112 cm³/mol. The zero-order valence-corrected chi connectivity index (χ0v) is 18.1. The van der Waals surface area contributed by atoms with Crippen molar-refractivity contribution in [2.45, 2.75) is 31.2 Å². The minimum atomic E-state index is -3.77. The van der Waals surface area contributed by atoms with Gasteiger partial charge in [-0.1, -0.05) is 25.1 Å². The Balaban J connectivity index is 1.83. The van der Waals surface area contributed by atoms with Crippen LogP contribution in [0.4, 0.5) is 5.00 Å². The monoisotopic (exact) mass is 436 g/mol. The summed E-state index contributed by atoms with van der Waals surface area (Å²) >= 11 is 1.32. The van der Waals surface area contributed by atoms with Crippen LogP contribution in [0.5, 0.6) is 0 Å². The van der Waals surface area contributed by atoms with Gasteiger partial charge in [0.05, 0.1) is 17.6 Å². The SMILES string of the molecule is CCCN1CCc2c(sc(NC(=O)CS(=O)(=O)c3ccccc3)c2C(=O)OC)C1. The van der Waals surface area contributed by atoms with Crippen LogP contribution in [-0.4, -0.2) is 51.1 Å². The summed E-state index contributed by atoms with van der Waals surface area (Å²) in [6, 6.07) is 7.83. The lowest BCUT2D eigenvalue weighted by molar-refractivity contribution is -0.113. The van der Waals surface area contributed by atoms with E-state index in [2.05, 4.69) is 17.1 Å². The molecule has 1 aromatic carbocycles. The number of fused-ring (bicyclic) bond motifs is 1. The number of ether oxygens (including phenoxy) is 1. The van der Waals surface area contributed by atoms with Crippen LogP contribution in [0.15, 0.2) is 35.2 Å². The second-order valence-electron chi connectivity index (χ2n) is 6.85. The molecule has 1 aromatic heterocycles. The summed E-state index contributed by atoms with van der Waals surface area (Å²) in [5.74, 6) is -1.89. The smallest absolute Gasteiger partial charge is 0.341 e. The number of benzene rings is 1. The Morgan fingerprint density at radius 3 is 2.62 bits per heavy atom. The van der Waals surface area contributed by atoms with Crippen molar-refractivity contribution in [1.29, 1.82) is 0 Å². The number of esters is 1. The van der Waals surface area contributed by atoms with Crippen molar-refractivity contribution in [3.8, 4) is 0 Å². The fraction of sp³-hybridized carbons (Fsp3) is 0.400. The van der Waals surface area contributed by atoms with Crippen molar-refractivity contribution in [1.82, 2.24) is 4.90 Å². The fourth-order valence-electron chi connectivity index (χ4n) is 3.42. The Bertz CT molecular complexity index is 999. The van der Waals surface area contributed by atoms with E-state index in [1.807, 2.05) is 0 Å². The summed E-state index contributed by atoms with van der Waals surface area (Å²) in [4.78, 5) is 28.3. The lowest BCUT2D eigenvalue weighted by Gasteiger charge is -2.26. The van der Waals surface area contributed by atoms with E-state index < -0.39 is 27.5 Å². The molecule has 1 aliphatic heterocycles. The van der Waals surface area contributed by atoms with Crippen LogP contribution in [0.1, 0.15) is 34.1 Å². The molecule has 1 N–H and O–H groups in total. The van der Waals surface area contributed by atoms with E-state index >= 15 is 0 Å². The maximum Gasteiger partial charge on any atom is 0.341 e. The number of rotatable bonds is 7. The van der Waals surface area contributed by atoms with Gasteiger partial charge in [0.2, 0.25) is 5.91 Å². The van der Waals surface area contributed by atoms with Gasteiger partial charge in [-0.05, 0) is 37.1 Å². The third-order valence-electron chi connectivity index (χ3n) is 4.74. The number of carbonyl (C=O) groups excluding carboxylic acids is 2. The minimum absolute atomic E-state index is 0.0871. The van der Waals surface area contributed by atoms with Crippen LogP contribution in [0.3, 0.4) is 0 Å². The van der Waals surface area contributed by atoms with Gasteiger partial charge in [0.15, 0.2) is 9.84 Å². The molecule has 2 aromatic rings. The summed E-state index contributed by atoms with van der Waals surface area (Å²) in [6.45, 7) is 4.61. The third kappa shape index (κ3) is 4.85. The van der Waals surface area contributed by atoms with Crippen molar-refractivity contribution in [2.75, 3.05) is 31.3 Å². The zero-order chi connectivity index (χ0) is 21.0. The maximum absolute atomic E-state index is 12.5. The molecule has 29 heavy (non-hydrogen) atoms. The van der Waals surface area contributed by atoms with Gasteiger partial charge >= 0.3 is 5.97 Å². The quantitative estimate of drug-likeness (QED) is 0.671. The molecule has 0 atom stereocenters. The van der Waals surface area contributed by atoms with Gasteiger partial charge in [-0.3, -0.25) is 9.69 Å². The first kappa shape index (κ1) is 21.5. The molecule has 1 aliphatic rings. The van der Waals surface area contributed by atoms with Crippen LogP contribution in [0, 0.1) is 0 Å². The topological polar surface area (TPSA) is 92.8 Å². The van der Waals surface area contributed by atoms with E-state index in [1.165, 1.54) is 30.6 Å². The molecule has 7 nitrogen and oxygen atoms in total. The van der Waals surface area contributed by atoms with E-state index in [0.717, 1.165) is 30.0 Å². The Kier molecular flexibility index (Phi) is 6.71. The largest absolute Gasteiger partial charge is 0.465 e. The molecule has 3 rings (SSSR count). The van der Waals surface area contributed by atoms with Gasteiger partial charge in [0.25, 0.3) is 0 Å². The van der Waals surface area contributed by atoms with E-state index in [-0.39, 0.29) is 4.90 Å². The number of nitrogens with one attached hydrogen (secondary N) is 1. The van der Waals surface area contributed by atoms with Crippen molar-refractivity contribution in [2.24, 2.45) is 0 Å². The van der Waals surface area contributed by atoms with E-state index in [4.69, 9.17) is 4.74 Å². The normalized spacial score (nSPS) is 14.3. The highest BCUT2D eigenvalue weighted by Gasteiger charge is 2.30. The van der Waals surface area contributed by atoms with Gasteiger partial charge in [0.1, 0.15) is 10.8 Å². The van der Waals surface area contributed by atoms with Crippen LogP contribution in [-0.2, 0) is 32.3 Å². The molecule has 0 saturated heterocycles. The van der Waals surface area contributed by atoms with Gasteiger partial charge in [-0.25, -0.2) is 13.2 Å². The highest BCUT2D eigenvalue weighted by atomic mass is 32.2. The molecule has 1 amide bonds. The number of methoxy groups -OCH3 is 1. The second-order valence-corrected chi connectivity index (χ2v) is 9.94. The van der Waals surface area contributed by atoms with Crippen molar-refractivity contribution in [3.05, 3.63) is 46.3 Å². The van der Waals surface area contributed by atoms with E-state index in [9.17, 15) is 18.0 Å². The van der Waals surface area contributed by atoms with Crippen molar-refractivity contribution in [3.63, 3.8) is 0 Å². The first-order valence-electron chi connectivity index (χ1n) is 9.38. The maximum atomic E-state index is 12.5. The average Bonchev–Trinajstić information content (AvgIpc) is 3.04. The van der Waals surface area contributed by atoms with E-state index in [0.29, 0.717) is 23.5 Å². The summed E-state index contributed by atoms with van der Waals surface area (Å²) in [6.07, 6.45) is 1.72. The first-order chi connectivity index (χ1) is 13.9. The molecule has 9 heteroatoms. The minimum Gasteiger partial charge on any atom is -0.465 e. The lowest BCUT2D eigenvalue weighted by atomic mass is 10.0. The van der Waals surface area contributed by atoms with Gasteiger partial charge in [0, 0.05) is 18.0 Å². The Morgan fingerprint density at radius 2 is 1.97 bits per heavy atom. The number of sulfone groups is 1. The number of hydrogen-bond acceptors (Lipinski definition) is 7. The molecule has 0 spiro atoms. The number of thiophene rings is 1. The molecule has 0 saturated carbocycles. The zero-order valence-electron chi connectivity index (χ0n) is 16.4. The summed E-state index contributed by atoms with van der Waals surface area (Å²) < 4.78 is 29.8. The number of carbonyl (C=O) groups is 2. The number of hydrogen-bond donors (Lipinski definition) is 1. The van der Waals surface area contributed by atoms with Gasteiger partial charge in [-0.15, -0.1) is 11.3 Å². The third-order valence-corrected chi connectivity index (χ3v) is 7.51. The Hall–Kier alpha value is -2.23. The lowest BCUT2D eigenvalue weighted by Crippen LogP contribution is -2.30. The van der Waals surface area contributed by atoms with Crippen LogP contribution >= 0.6 is 11.3 Å². The first-order valence-corrected chi connectivity index (χ1v) is 11.9. The molecule has 156 valence electrons.